The van der Waals surface area contributed by atoms with Crippen molar-refractivity contribution < 1.29 is 22.8 Å². The Morgan fingerprint density at radius 2 is 2.12 bits per heavy atom. The molecule has 26 heavy (non-hydrogen) atoms. The number of pyridine rings is 1. The molecule has 140 valence electrons. The van der Waals surface area contributed by atoms with E-state index in [0.29, 0.717) is 18.7 Å². The van der Waals surface area contributed by atoms with Crippen molar-refractivity contribution >= 4 is 11.8 Å². The van der Waals surface area contributed by atoms with Gasteiger partial charge in [-0.25, -0.2) is 0 Å². The van der Waals surface area contributed by atoms with Crippen molar-refractivity contribution in [2.45, 2.75) is 37.9 Å². The third-order valence-corrected chi connectivity index (χ3v) is 5.14. The molecule has 0 radical (unpaired) electrons. The number of carbonyl (C=O) groups excluding carboxylic acids is 2. The number of nitrogens with zero attached hydrogens (tertiary/aromatic N) is 2. The van der Waals surface area contributed by atoms with Crippen LogP contribution in [0.1, 0.15) is 30.4 Å². The number of likely N-dealkylation sites (tertiary alicyclic amines) is 1. The highest BCUT2D eigenvalue weighted by molar-refractivity contribution is 5.87. The summed E-state index contributed by atoms with van der Waals surface area (Å²) in [6.45, 7) is 4.44. The zero-order valence-electron chi connectivity index (χ0n) is 14.2. The molecule has 5 nitrogen and oxygen atoms in total. The van der Waals surface area contributed by atoms with Crippen LogP contribution in [0.3, 0.4) is 0 Å². The van der Waals surface area contributed by atoms with E-state index in [-0.39, 0.29) is 36.1 Å². The molecule has 2 heterocycles. The highest BCUT2D eigenvalue weighted by atomic mass is 19.4. The van der Waals surface area contributed by atoms with Crippen molar-refractivity contribution in [1.82, 2.24) is 15.2 Å². The molecule has 0 bridgehead atoms. The molecule has 1 atom stereocenters. The van der Waals surface area contributed by atoms with Crippen LogP contribution in [-0.4, -0.2) is 40.8 Å². The number of hydrogen-bond donors (Lipinski definition) is 1. The van der Waals surface area contributed by atoms with E-state index in [0.717, 1.165) is 25.1 Å². The molecule has 1 saturated heterocycles. The first-order valence-corrected chi connectivity index (χ1v) is 8.45. The van der Waals surface area contributed by atoms with Crippen molar-refractivity contribution in [2.75, 3.05) is 13.1 Å². The normalized spacial score (nSPS) is 20.9. The largest absolute Gasteiger partial charge is 0.417 e. The maximum absolute atomic E-state index is 12.7. The lowest BCUT2D eigenvalue weighted by atomic mass is 10.0. The first-order valence-electron chi connectivity index (χ1n) is 8.45. The Balaban J connectivity index is 1.58. The molecule has 2 fully saturated rings. The molecule has 1 saturated carbocycles. The molecular formula is C18H20F3N3O2. The van der Waals surface area contributed by atoms with Crippen LogP contribution >= 0.6 is 0 Å². The second-order valence-electron chi connectivity index (χ2n) is 6.98. The minimum Gasteiger partial charge on any atom is -0.347 e. The van der Waals surface area contributed by atoms with Gasteiger partial charge in [-0.05, 0) is 37.0 Å². The van der Waals surface area contributed by atoms with Crippen LogP contribution < -0.4 is 5.32 Å². The van der Waals surface area contributed by atoms with Gasteiger partial charge in [-0.15, -0.1) is 0 Å². The average molecular weight is 367 g/mol. The number of amides is 2. The van der Waals surface area contributed by atoms with Gasteiger partial charge in [-0.3, -0.25) is 14.6 Å². The van der Waals surface area contributed by atoms with E-state index in [9.17, 15) is 22.8 Å². The minimum absolute atomic E-state index is 0.0495. The van der Waals surface area contributed by atoms with Gasteiger partial charge in [0.25, 0.3) is 0 Å². The Labute approximate surface area is 149 Å². The molecule has 2 amide bonds. The van der Waals surface area contributed by atoms with Gasteiger partial charge >= 0.3 is 6.18 Å². The maximum atomic E-state index is 12.7. The maximum Gasteiger partial charge on any atom is 0.417 e. The van der Waals surface area contributed by atoms with Gasteiger partial charge in [0.2, 0.25) is 11.8 Å². The summed E-state index contributed by atoms with van der Waals surface area (Å²) in [5, 5.41) is 2.88. The summed E-state index contributed by atoms with van der Waals surface area (Å²) in [5.74, 6) is -0.380. The molecule has 3 rings (SSSR count). The standard InChI is InChI=1S/C18H20F3N3O2/c1-2-15(25)23-14-10-24(11-17(14)5-6-17)16(26)4-3-12-7-13(9-22-8-12)18(19,20)21/h2,7-9,14H,1,3-6,10-11H2,(H,23,25). The van der Waals surface area contributed by atoms with Gasteiger partial charge < -0.3 is 10.2 Å². The number of alkyl halides is 3. The topological polar surface area (TPSA) is 62.3 Å². The van der Waals surface area contributed by atoms with E-state index < -0.39 is 11.7 Å². The molecule has 1 N–H and O–H groups in total. The summed E-state index contributed by atoms with van der Waals surface area (Å²) in [6, 6.07) is 0.937. The highest BCUT2D eigenvalue weighted by Crippen LogP contribution is 2.52. The fraction of sp³-hybridized carbons (Fsp3) is 0.500. The molecule has 1 aliphatic carbocycles. The Hall–Kier alpha value is -2.38. The van der Waals surface area contributed by atoms with Gasteiger partial charge in [-0.1, -0.05) is 6.58 Å². The molecule has 1 aliphatic heterocycles. The van der Waals surface area contributed by atoms with Gasteiger partial charge in [0.15, 0.2) is 0 Å². The average Bonchev–Trinajstić information content (AvgIpc) is 3.29. The monoisotopic (exact) mass is 367 g/mol. The zero-order valence-corrected chi connectivity index (χ0v) is 14.2. The van der Waals surface area contributed by atoms with Gasteiger partial charge in [0.05, 0.1) is 11.6 Å². The van der Waals surface area contributed by atoms with Gasteiger partial charge in [0, 0.05) is 37.3 Å². The Kier molecular flexibility index (Phi) is 4.77. The molecule has 1 aromatic heterocycles. The first-order chi connectivity index (χ1) is 12.2. The first kappa shape index (κ1) is 18.4. The quantitative estimate of drug-likeness (QED) is 0.813. The smallest absolute Gasteiger partial charge is 0.347 e. The number of halogens is 3. The summed E-state index contributed by atoms with van der Waals surface area (Å²) in [7, 11) is 0. The van der Waals surface area contributed by atoms with Crippen LogP contribution in [-0.2, 0) is 22.2 Å². The van der Waals surface area contributed by atoms with Gasteiger partial charge in [-0.2, -0.15) is 13.2 Å². The summed E-state index contributed by atoms with van der Waals surface area (Å²) in [6.07, 6.45) is 1.10. The molecule has 1 aromatic rings. The lowest BCUT2D eigenvalue weighted by molar-refractivity contribution is -0.137. The van der Waals surface area contributed by atoms with Crippen molar-refractivity contribution in [3.8, 4) is 0 Å². The second-order valence-corrected chi connectivity index (χ2v) is 6.98. The third kappa shape index (κ3) is 3.89. The molecule has 1 unspecified atom stereocenters. The van der Waals surface area contributed by atoms with E-state index in [1.54, 1.807) is 4.90 Å². The fourth-order valence-electron chi connectivity index (χ4n) is 3.44. The van der Waals surface area contributed by atoms with Crippen LogP contribution in [0.4, 0.5) is 13.2 Å². The Bertz CT molecular complexity index is 729. The Morgan fingerprint density at radius 3 is 2.73 bits per heavy atom. The minimum atomic E-state index is -4.45. The van der Waals surface area contributed by atoms with Crippen LogP contribution in [0.25, 0.3) is 0 Å². The van der Waals surface area contributed by atoms with E-state index in [1.165, 1.54) is 12.3 Å². The van der Waals surface area contributed by atoms with Crippen LogP contribution in [0.5, 0.6) is 0 Å². The number of carbonyl (C=O) groups is 2. The molecule has 8 heteroatoms. The van der Waals surface area contributed by atoms with E-state index in [2.05, 4.69) is 16.9 Å². The third-order valence-electron chi connectivity index (χ3n) is 5.14. The number of aromatic nitrogens is 1. The SMILES string of the molecule is C=CC(=O)NC1CN(C(=O)CCc2cncc(C(F)(F)F)c2)CC12CC2. The van der Waals surface area contributed by atoms with Crippen LogP contribution in [0.15, 0.2) is 31.1 Å². The van der Waals surface area contributed by atoms with Crippen molar-refractivity contribution in [3.05, 3.63) is 42.2 Å². The van der Waals surface area contributed by atoms with Crippen molar-refractivity contribution in [1.29, 1.82) is 0 Å². The summed E-state index contributed by atoms with van der Waals surface area (Å²) < 4.78 is 38.2. The van der Waals surface area contributed by atoms with Crippen LogP contribution in [0.2, 0.25) is 0 Å². The Morgan fingerprint density at radius 1 is 1.38 bits per heavy atom. The van der Waals surface area contributed by atoms with E-state index >= 15 is 0 Å². The second kappa shape index (κ2) is 6.74. The number of nitrogens with one attached hydrogen (secondary N) is 1. The van der Waals surface area contributed by atoms with Crippen LogP contribution in [0, 0.1) is 5.41 Å². The predicted molar refractivity (Wildman–Crippen MR) is 87.9 cm³/mol. The summed E-state index contributed by atoms with van der Waals surface area (Å²) >= 11 is 0. The molecule has 2 aliphatic rings. The summed E-state index contributed by atoms with van der Waals surface area (Å²) in [4.78, 5) is 29.3. The van der Waals surface area contributed by atoms with Crippen molar-refractivity contribution in [2.24, 2.45) is 5.41 Å². The number of rotatable bonds is 5. The van der Waals surface area contributed by atoms with E-state index in [1.807, 2.05) is 0 Å². The highest BCUT2D eigenvalue weighted by Gasteiger charge is 2.56. The fourth-order valence-corrected chi connectivity index (χ4v) is 3.44. The molecular weight excluding hydrogens is 347 g/mol. The van der Waals surface area contributed by atoms with Crippen molar-refractivity contribution in [3.63, 3.8) is 0 Å². The molecule has 1 spiro atoms. The molecule has 0 aromatic carbocycles. The zero-order chi connectivity index (χ0) is 18.9. The lowest BCUT2D eigenvalue weighted by Gasteiger charge is -2.17. The summed E-state index contributed by atoms with van der Waals surface area (Å²) in [5.41, 5.74) is -0.482. The lowest BCUT2D eigenvalue weighted by Crippen LogP contribution is -2.41. The van der Waals surface area contributed by atoms with Gasteiger partial charge in [0.1, 0.15) is 0 Å². The predicted octanol–water partition coefficient (Wildman–Crippen LogP) is 2.33. The number of aryl methyl sites for hydroxylation is 1. The number of hydrogen-bond acceptors (Lipinski definition) is 3. The van der Waals surface area contributed by atoms with E-state index in [4.69, 9.17) is 0 Å².